The van der Waals surface area contributed by atoms with Crippen LogP contribution in [0.1, 0.15) is 34.1 Å². The maximum absolute atomic E-state index is 14.0. The molecule has 1 aromatic heterocycles. The van der Waals surface area contributed by atoms with Gasteiger partial charge in [-0.15, -0.1) is 11.3 Å². The maximum Gasteiger partial charge on any atom is 0.258 e. The van der Waals surface area contributed by atoms with Crippen molar-refractivity contribution in [1.82, 2.24) is 9.88 Å². The van der Waals surface area contributed by atoms with E-state index in [-0.39, 0.29) is 16.5 Å². The Balaban J connectivity index is 1.48. The molecule has 3 nitrogen and oxygen atoms in total. The molecule has 0 N–H and O–H groups in total. The van der Waals surface area contributed by atoms with E-state index in [9.17, 15) is 9.18 Å². The molecule has 0 aliphatic carbocycles. The van der Waals surface area contributed by atoms with Crippen molar-refractivity contribution in [2.24, 2.45) is 0 Å². The van der Waals surface area contributed by atoms with Crippen molar-refractivity contribution >= 4 is 39.1 Å². The fourth-order valence-electron chi connectivity index (χ4n) is 3.25. The van der Waals surface area contributed by atoms with Crippen molar-refractivity contribution in [3.8, 4) is 0 Å². The zero-order chi connectivity index (χ0) is 17.4. The Labute approximate surface area is 154 Å². The first kappa shape index (κ1) is 16.5. The Morgan fingerprint density at radius 1 is 1.16 bits per heavy atom. The van der Waals surface area contributed by atoms with Crippen molar-refractivity contribution in [2.75, 3.05) is 13.1 Å². The van der Waals surface area contributed by atoms with E-state index in [1.807, 2.05) is 18.2 Å². The lowest BCUT2D eigenvalue weighted by Gasteiger charge is -2.31. The number of halogens is 2. The van der Waals surface area contributed by atoms with Crippen LogP contribution in [0.4, 0.5) is 4.39 Å². The van der Waals surface area contributed by atoms with Crippen LogP contribution in [0.15, 0.2) is 42.5 Å². The lowest BCUT2D eigenvalue weighted by Crippen LogP contribution is -2.38. The molecular weight excluding hydrogens is 359 g/mol. The molecule has 0 bridgehead atoms. The second-order valence-corrected chi connectivity index (χ2v) is 7.65. The Morgan fingerprint density at radius 3 is 2.64 bits per heavy atom. The summed E-state index contributed by atoms with van der Waals surface area (Å²) in [6, 6.07) is 12.4. The molecule has 2 aromatic carbocycles. The van der Waals surface area contributed by atoms with Gasteiger partial charge in [0.15, 0.2) is 0 Å². The highest BCUT2D eigenvalue weighted by atomic mass is 35.5. The Hall–Kier alpha value is -1.98. The van der Waals surface area contributed by atoms with Gasteiger partial charge in [0.1, 0.15) is 5.82 Å². The summed E-state index contributed by atoms with van der Waals surface area (Å²) in [5.41, 5.74) is 1.00. The summed E-state index contributed by atoms with van der Waals surface area (Å²) in [7, 11) is 0. The number of amides is 1. The van der Waals surface area contributed by atoms with Gasteiger partial charge in [-0.3, -0.25) is 4.79 Å². The number of fused-ring (bicyclic) bond motifs is 1. The Morgan fingerprint density at radius 2 is 1.92 bits per heavy atom. The predicted octanol–water partition coefficient (Wildman–Crippen LogP) is 5.11. The first-order valence-electron chi connectivity index (χ1n) is 8.22. The van der Waals surface area contributed by atoms with Crippen LogP contribution in [0.2, 0.25) is 5.02 Å². The standard InChI is InChI=1S/C19H16ClFN2OS/c20-13-4-3-5-14(21)17(13)19(24)23-10-8-12(9-11-23)18-22-15-6-1-2-7-16(15)25-18/h1-7,12H,8-11H2. The monoisotopic (exact) mass is 374 g/mol. The zero-order valence-corrected chi connectivity index (χ0v) is 15.0. The third kappa shape index (κ3) is 3.14. The molecule has 25 heavy (non-hydrogen) atoms. The minimum Gasteiger partial charge on any atom is -0.338 e. The molecule has 0 radical (unpaired) electrons. The third-order valence-electron chi connectivity index (χ3n) is 4.62. The summed E-state index contributed by atoms with van der Waals surface area (Å²) in [5, 5.41) is 1.29. The molecule has 1 amide bonds. The number of para-hydroxylation sites is 1. The molecular formula is C19H16ClFN2OS. The van der Waals surface area contributed by atoms with Gasteiger partial charge in [0.05, 0.1) is 25.8 Å². The largest absolute Gasteiger partial charge is 0.338 e. The minimum atomic E-state index is -0.564. The number of carbonyl (C=O) groups excluding carboxylic acids is 1. The summed E-state index contributed by atoms with van der Waals surface area (Å²) >= 11 is 7.74. The molecule has 1 aliphatic rings. The van der Waals surface area contributed by atoms with Crippen molar-refractivity contribution in [1.29, 1.82) is 0 Å². The van der Waals surface area contributed by atoms with Gasteiger partial charge in [-0.25, -0.2) is 9.37 Å². The normalized spacial score (nSPS) is 15.7. The molecule has 1 fully saturated rings. The second-order valence-electron chi connectivity index (χ2n) is 6.18. The van der Waals surface area contributed by atoms with E-state index in [2.05, 4.69) is 6.07 Å². The minimum absolute atomic E-state index is 0.0254. The predicted molar refractivity (Wildman–Crippen MR) is 98.9 cm³/mol. The van der Waals surface area contributed by atoms with Crippen LogP contribution in [0, 0.1) is 5.82 Å². The van der Waals surface area contributed by atoms with Gasteiger partial charge in [-0.2, -0.15) is 0 Å². The lowest BCUT2D eigenvalue weighted by molar-refractivity contribution is 0.0708. The molecule has 0 atom stereocenters. The molecule has 2 heterocycles. The smallest absolute Gasteiger partial charge is 0.258 e. The highest BCUT2D eigenvalue weighted by Crippen LogP contribution is 2.34. The van der Waals surface area contributed by atoms with Crippen LogP contribution >= 0.6 is 22.9 Å². The van der Waals surface area contributed by atoms with Gasteiger partial charge in [-0.1, -0.05) is 29.8 Å². The van der Waals surface area contributed by atoms with Gasteiger partial charge in [0.2, 0.25) is 0 Å². The molecule has 1 saturated heterocycles. The Bertz CT molecular complexity index is 881. The SMILES string of the molecule is O=C(c1c(F)cccc1Cl)N1CCC(c2nc3ccccc3s2)CC1. The van der Waals surface area contributed by atoms with Gasteiger partial charge < -0.3 is 4.90 Å². The number of carbonyl (C=O) groups is 1. The number of piperidine rings is 1. The van der Waals surface area contributed by atoms with E-state index >= 15 is 0 Å². The average molecular weight is 375 g/mol. The van der Waals surface area contributed by atoms with E-state index in [0.717, 1.165) is 23.4 Å². The van der Waals surface area contributed by atoms with E-state index in [4.69, 9.17) is 16.6 Å². The fraction of sp³-hybridized carbons (Fsp3) is 0.263. The maximum atomic E-state index is 14.0. The average Bonchev–Trinajstić information content (AvgIpc) is 3.06. The fourth-order valence-corrected chi connectivity index (χ4v) is 4.63. The number of rotatable bonds is 2. The third-order valence-corrected chi connectivity index (χ3v) is 6.13. The van der Waals surface area contributed by atoms with E-state index in [0.29, 0.717) is 19.0 Å². The number of thiazole rings is 1. The molecule has 0 unspecified atom stereocenters. The quantitative estimate of drug-likeness (QED) is 0.624. The van der Waals surface area contributed by atoms with Crippen LogP contribution in [0.25, 0.3) is 10.2 Å². The topological polar surface area (TPSA) is 33.2 Å². The summed E-state index contributed by atoms with van der Waals surface area (Å²) in [6.07, 6.45) is 1.66. The summed E-state index contributed by atoms with van der Waals surface area (Å²) in [5.74, 6) is -0.547. The highest BCUT2D eigenvalue weighted by Gasteiger charge is 2.28. The summed E-state index contributed by atoms with van der Waals surface area (Å²) in [6.45, 7) is 1.17. The zero-order valence-electron chi connectivity index (χ0n) is 13.4. The molecule has 0 spiro atoms. The van der Waals surface area contributed by atoms with Gasteiger partial charge in [-0.05, 0) is 37.1 Å². The first-order chi connectivity index (χ1) is 12.1. The molecule has 3 aromatic rings. The molecule has 0 saturated carbocycles. The second kappa shape index (κ2) is 6.73. The number of benzene rings is 2. The van der Waals surface area contributed by atoms with Crippen LogP contribution in [0.5, 0.6) is 0 Å². The number of hydrogen-bond acceptors (Lipinski definition) is 3. The molecule has 128 valence electrons. The van der Waals surface area contributed by atoms with Gasteiger partial charge in [0.25, 0.3) is 5.91 Å². The van der Waals surface area contributed by atoms with E-state index in [1.165, 1.54) is 16.8 Å². The van der Waals surface area contributed by atoms with E-state index < -0.39 is 5.82 Å². The Kier molecular flexibility index (Phi) is 4.44. The first-order valence-corrected chi connectivity index (χ1v) is 9.41. The van der Waals surface area contributed by atoms with Crippen LogP contribution in [-0.4, -0.2) is 28.9 Å². The van der Waals surface area contributed by atoms with Gasteiger partial charge >= 0.3 is 0 Å². The van der Waals surface area contributed by atoms with Crippen LogP contribution in [-0.2, 0) is 0 Å². The number of hydrogen-bond donors (Lipinski definition) is 0. The number of aromatic nitrogens is 1. The summed E-state index contributed by atoms with van der Waals surface area (Å²) < 4.78 is 15.2. The van der Waals surface area contributed by atoms with E-state index in [1.54, 1.807) is 22.3 Å². The molecule has 1 aliphatic heterocycles. The molecule has 4 rings (SSSR count). The van der Waals surface area contributed by atoms with Crippen molar-refractivity contribution in [2.45, 2.75) is 18.8 Å². The number of likely N-dealkylation sites (tertiary alicyclic amines) is 1. The van der Waals surface area contributed by atoms with Crippen LogP contribution < -0.4 is 0 Å². The van der Waals surface area contributed by atoms with Crippen molar-refractivity contribution < 1.29 is 9.18 Å². The van der Waals surface area contributed by atoms with Crippen molar-refractivity contribution in [3.63, 3.8) is 0 Å². The van der Waals surface area contributed by atoms with Gasteiger partial charge in [0, 0.05) is 19.0 Å². The van der Waals surface area contributed by atoms with Crippen LogP contribution in [0.3, 0.4) is 0 Å². The lowest BCUT2D eigenvalue weighted by atomic mass is 9.97. The van der Waals surface area contributed by atoms with Crippen molar-refractivity contribution in [3.05, 3.63) is 63.9 Å². The summed E-state index contributed by atoms with van der Waals surface area (Å²) in [4.78, 5) is 19.0. The number of nitrogens with zero attached hydrogens (tertiary/aromatic N) is 2. The molecule has 6 heteroatoms. The highest BCUT2D eigenvalue weighted by molar-refractivity contribution is 7.18.